The van der Waals surface area contributed by atoms with Gasteiger partial charge in [0, 0.05) is 6.54 Å². The Hall–Kier alpha value is -1.99. The number of hydrogen-bond acceptors (Lipinski definition) is 5. The van der Waals surface area contributed by atoms with Crippen molar-refractivity contribution in [3.63, 3.8) is 0 Å². The van der Waals surface area contributed by atoms with Crippen molar-refractivity contribution in [1.82, 2.24) is 16.0 Å². The van der Waals surface area contributed by atoms with Crippen molar-refractivity contribution in [2.45, 2.75) is 25.8 Å². The molecule has 1 saturated heterocycles. The second-order valence-electron chi connectivity index (χ2n) is 4.46. The molecule has 2 rings (SSSR count). The van der Waals surface area contributed by atoms with E-state index in [2.05, 4.69) is 20.9 Å². The van der Waals surface area contributed by atoms with Crippen LogP contribution in [0.25, 0.3) is 0 Å². The molecule has 7 heteroatoms. The van der Waals surface area contributed by atoms with Crippen LogP contribution < -0.4 is 21.7 Å². The fourth-order valence-corrected chi connectivity index (χ4v) is 1.86. The van der Waals surface area contributed by atoms with E-state index in [0.29, 0.717) is 18.9 Å². The maximum atomic E-state index is 9.38. The molecule has 0 amide bonds. The van der Waals surface area contributed by atoms with E-state index >= 15 is 0 Å². The Morgan fingerprint density at radius 2 is 2.05 bits per heavy atom. The molecule has 7 nitrogen and oxygen atoms in total. The zero-order valence-corrected chi connectivity index (χ0v) is 10.7. The van der Waals surface area contributed by atoms with Crippen molar-refractivity contribution < 1.29 is 10.2 Å². The van der Waals surface area contributed by atoms with Gasteiger partial charge in [-0.2, -0.15) is 0 Å². The van der Waals surface area contributed by atoms with E-state index in [-0.39, 0.29) is 24.0 Å². The van der Waals surface area contributed by atoms with Crippen molar-refractivity contribution in [1.29, 1.82) is 0 Å². The van der Waals surface area contributed by atoms with Gasteiger partial charge in [-0.3, -0.25) is 16.0 Å². The van der Waals surface area contributed by atoms with Gasteiger partial charge in [0.25, 0.3) is 0 Å². The van der Waals surface area contributed by atoms with E-state index < -0.39 is 0 Å². The Bertz CT molecular complexity index is 465. The molecule has 1 fully saturated rings. The average Bonchev–Trinajstić information content (AvgIpc) is 2.32. The van der Waals surface area contributed by atoms with Gasteiger partial charge in [-0.15, -0.1) is 0 Å². The first-order valence-corrected chi connectivity index (χ1v) is 6.14. The highest BCUT2D eigenvalue weighted by molar-refractivity contribution is 5.80. The average molecular weight is 265 g/mol. The zero-order valence-electron chi connectivity index (χ0n) is 10.7. The lowest BCUT2D eigenvalue weighted by atomic mass is 10.1. The first kappa shape index (κ1) is 13.4. The highest BCUT2D eigenvalue weighted by Gasteiger charge is 2.16. The Kier molecular flexibility index (Phi) is 4.08. The van der Waals surface area contributed by atoms with Crippen LogP contribution in [0.4, 0.5) is 0 Å². The molecule has 1 aliphatic heterocycles. The molecule has 7 N–H and O–H groups in total. The van der Waals surface area contributed by atoms with Crippen molar-refractivity contribution in [3.05, 3.63) is 23.8 Å². The molecule has 0 spiro atoms. The van der Waals surface area contributed by atoms with Crippen LogP contribution in [0.15, 0.2) is 23.2 Å². The molecule has 0 saturated carbocycles. The summed E-state index contributed by atoms with van der Waals surface area (Å²) in [6.45, 7) is 2.51. The van der Waals surface area contributed by atoms with Crippen molar-refractivity contribution in [3.8, 4) is 11.5 Å². The van der Waals surface area contributed by atoms with Gasteiger partial charge in [-0.25, -0.2) is 0 Å². The Balaban J connectivity index is 1.90. The van der Waals surface area contributed by atoms with Crippen LogP contribution >= 0.6 is 0 Å². The topological polar surface area (TPSA) is 115 Å². The third-order valence-corrected chi connectivity index (χ3v) is 2.79. The summed E-state index contributed by atoms with van der Waals surface area (Å²) < 4.78 is 0. The largest absolute Gasteiger partial charge is 0.504 e. The van der Waals surface area contributed by atoms with Gasteiger partial charge in [0.1, 0.15) is 6.29 Å². The number of hydrogen-bond donors (Lipinski definition) is 6. The van der Waals surface area contributed by atoms with Crippen LogP contribution in [0.1, 0.15) is 12.5 Å². The lowest BCUT2D eigenvalue weighted by Crippen LogP contribution is -2.67. The van der Waals surface area contributed by atoms with Crippen LogP contribution in [0.2, 0.25) is 0 Å². The molecule has 104 valence electrons. The van der Waals surface area contributed by atoms with Gasteiger partial charge in [0.05, 0.1) is 6.17 Å². The molecule has 0 aliphatic carbocycles. The van der Waals surface area contributed by atoms with E-state index in [0.717, 1.165) is 5.56 Å². The van der Waals surface area contributed by atoms with Crippen molar-refractivity contribution >= 4 is 5.96 Å². The maximum absolute atomic E-state index is 9.38. The molecular formula is C12H19N5O2. The van der Waals surface area contributed by atoms with Crippen LogP contribution in [-0.4, -0.2) is 35.2 Å². The molecular weight excluding hydrogens is 246 g/mol. The van der Waals surface area contributed by atoms with Crippen molar-refractivity contribution in [2.24, 2.45) is 10.7 Å². The fourth-order valence-electron chi connectivity index (χ4n) is 1.86. The molecule has 2 unspecified atom stereocenters. The van der Waals surface area contributed by atoms with E-state index in [9.17, 15) is 10.2 Å². The van der Waals surface area contributed by atoms with Gasteiger partial charge < -0.3 is 20.8 Å². The van der Waals surface area contributed by atoms with Crippen LogP contribution in [-0.2, 0) is 6.42 Å². The number of aromatic hydroxyl groups is 2. The van der Waals surface area contributed by atoms with E-state index in [1.165, 1.54) is 12.1 Å². The number of nitrogens with two attached hydrogens (primary N) is 1. The number of guanidine groups is 1. The van der Waals surface area contributed by atoms with Gasteiger partial charge in [-0.1, -0.05) is 6.07 Å². The number of aliphatic imine (C=N–C) groups is 1. The Morgan fingerprint density at radius 3 is 2.74 bits per heavy atom. The van der Waals surface area contributed by atoms with E-state index in [4.69, 9.17) is 5.73 Å². The van der Waals surface area contributed by atoms with E-state index in [1.54, 1.807) is 6.07 Å². The Morgan fingerprint density at radius 1 is 1.26 bits per heavy atom. The predicted octanol–water partition coefficient (Wildman–Crippen LogP) is -0.633. The van der Waals surface area contributed by atoms with Crippen molar-refractivity contribution in [2.75, 3.05) is 6.54 Å². The summed E-state index contributed by atoms with van der Waals surface area (Å²) in [6, 6.07) is 4.76. The second-order valence-corrected chi connectivity index (χ2v) is 4.46. The summed E-state index contributed by atoms with van der Waals surface area (Å²) in [5.74, 6) is 0.428. The molecule has 0 bridgehead atoms. The molecule has 1 aromatic carbocycles. The van der Waals surface area contributed by atoms with E-state index in [1.807, 2.05) is 6.92 Å². The lowest BCUT2D eigenvalue weighted by Gasteiger charge is -2.30. The SMILES string of the molecule is CC1NC(=NCCc2ccc(O)c(O)c2)NC(N)N1. The zero-order chi connectivity index (χ0) is 13.8. The van der Waals surface area contributed by atoms with Gasteiger partial charge in [-0.05, 0) is 31.0 Å². The molecule has 1 heterocycles. The highest BCUT2D eigenvalue weighted by Crippen LogP contribution is 2.24. The first-order chi connectivity index (χ1) is 9.04. The number of nitrogens with zero attached hydrogens (tertiary/aromatic N) is 1. The monoisotopic (exact) mass is 265 g/mol. The molecule has 0 radical (unpaired) electrons. The third-order valence-electron chi connectivity index (χ3n) is 2.79. The number of benzene rings is 1. The van der Waals surface area contributed by atoms with Crippen LogP contribution in [0.3, 0.4) is 0 Å². The highest BCUT2D eigenvalue weighted by atomic mass is 16.3. The van der Waals surface area contributed by atoms with Gasteiger partial charge in [0.2, 0.25) is 0 Å². The summed E-state index contributed by atoms with van der Waals surface area (Å²) in [5, 5.41) is 27.7. The van der Waals surface area contributed by atoms with Gasteiger partial charge >= 0.3 is 0 Å². The molecule has 0 aromatic heterocycles. The number of phenols is 2. The second kappa shape index (κ2) is 5.77. The number of rotatable bonds is 3. The molecule has 2 atom stereocenters. The number of phenolic OH excluding ortho intramolecular Hbond substituents is 2. The standard InChI is InChI=1S/C12H19N5O2/c1-7-15-11(13)17-12(16-7)14-5-4-8-2-3-9(18)10(19)6-8/h2-3,6-7,11,15,18-19H,4-5,13H2,1H3,(H2,14,16,17). The summed E-state index contributed by atoms with van der Waals surface area (Å²) in [5.41, 5.74) is 6.64. The minimum Gasteiger partial charge on any atom is -0.504 e. The minimum atomic E-state index is -0.312. The van der Waals surface area contributed by atoms with Crippen LogP contribution in [0, 0.1) is 0 Å². The normalized spacial score (nSPS) is 24.8. The summed E-state index contributed by atoms with van der Waals surface area (Å²) in [4.78, 5) is 4.36. The smallest absolute Gasteiger partial charge is 0.194 e. The Labute approximate surface area is 111 Å². The fraction of sp³-hybridized carbons (Fsp3) is 0.417. The summed E-state index contributed by atoms with van der Waals surface area (Å²) >= 11 is 0. The summed E-state index contributed by atoms with van der Waals surface area (Å²) in [6.07, 6.45) is 0.415. The maximum Gasteiger partial charge on any atom is 0.194 e. The molecule has 19 heavy (non-hydrogen) atoms. The lowest BCUT2D eigenvalue weighted by molar-refractivity contribution is 0.374. The van der Waals surface area contributed by atoms with Crippen LogP contribution in [0.5, 0.6) is 11.5 Å². The molecule has 1 aliphatic rings. The third kappa shape index (κ3) is 3.73. The molecule has 1 aromatic rings. The first-order valence-electron chi connectivity index (χ1n) is 6.14. The quantitative estimate of drug-likeness (QED) is 0.405. The van der Waals surface area contributed by atoms with Gasteiger partial charge in [0.15, 0.2) is 17.5 Å². The summed E-state index contributed by atoms with van der Waals surface area (Å²) in [7, 11) is 0. The number of nitrogens with one attached hydrogen (secondary N) is 3. The minimum absolute atomic E-state index is 0.0627. The predicted molar refractivity (Wildman–Crippen MR) is 72.6 cm³/mol.